The molecular formula is C25H27FN4O2. The first-order chi connectivity index (χ1) is 15.5. The fourth-order valence-electron chi connectivity index (χ4n) is 4.99. The maximum absolute atomic E-state index is 13.4. The molecule has 1 saturated heterocycles. The van der Waals surface area contributed by atoms with Gasteiger partial charge < -0.3 is 15.2 Å². The van der Waals surface area contributed by atoms with Gasteiger partial charge in [0.05, 0.1) is 0 Å². The molecule has 166 valence electrons. The number of benzene rings is 1. The number of nitrogens with one attached hydrogen (secondary N) is 2. The Morgan fingerprint density at radius 3 is 2.72 bits per heavy atom. The molecule has 1 spiro atoms. The second-order valence-electron chi connectivity index (χ2n) is 9.08. The van der Waals surface area contributed by atoms with Crippen molar-refractivity contribution in [1.82, 2.24) is 20.2 Å². The molecule has 1 unspecified atom stereocenters. The van der Waals surface area contributed by atoms with Gasteiger partial charge in [0.2, 0.25) is 5.91 Å². The number of amides is 2. The fraction of sp³-hybridized carbons (Fsp3) is 0.400. The van der Waals surface area contributed by atoms with Crippen LogP contribution in [0.15, 0.2) is 48.8 Å². The number of H-pyrrole nitrogens is 1. The van der Waals surface area contributed by atoms with Gasteiger partial charge in [-0.3, -0.25) is 14.6 Å². The van der Waals surface area contributed by atoms with Crippen LogP contribution in [-0.4, -0.2) is 46.3 Å². The van der Waals surface area contributed by atoms with E-state index in [-0.39, 0.29) is 29.0 Å². The number of carbonyl (C=O) groups is 2. The molecule has 2 amide bonds. The van der Waals surface area contributed by atoms with Crippen LogP contribution in [0.4, 0.5) is 4.39 Å². The number of aromatic amines is 1. The molecule has 0 bridgehead atoms. The summed E-state index contributed by atoms with van der Waals surface area (Å²) >= 11 is 0. The lowest BCUT2D eigenvalue weighted by molar-refractivity contribution is -0.123. The maximum atomic E-state index is 13.4. The summed E-state index contributed by atoms with van der Waals surface area (Å²) in [6, 6.07) is 10.2. The quantitative estimate of drug-likeness (QED) is 0.581. The largest absolute Gasteiger partial charge is 0.356 e. The number of halogens is 1. The van der Waals surface area contributed by atoms with E-state index in [2.05, 4.69) is 15.3 Å². The number of aryl methyl sites for hydroxylation is 1. The molecule has 1 atom stereocenters. The lowest BCUT2D eigenvalue weighted by Gasteiger charge is -2.32. The van der Waals surface area contributed by atoms with E-state index in [1.807, 2.05) is 17.0 Å². The molecule has 7 heteroatoms. The third kappa shape index (κ3) is 4.11. The third-order valence-corrected chi connectivity index (χ3v) is 7.06. The van der Waals surface area contributed by atoms with Crippen LogP contribution >= 0.6 is 0 Å². The number of nitrogens with zero attached hydrogens (tertiary/aromatic N) is 2. The molecule has 1 aliphatic heterocycles. The maximum Gasteiger partial charge on any atom is 0.270 e. The summed E-state index contributed by atoms with van der Waals surface area (Å²) in [6.45, 7) is 1.97. The number of carbonyl (C=O) groups excluding carboxylic acids is 2. The first-order valence-corrected chi connectivity index (χ1v) is 11.3. The predicted molar refractivity (Wildman–Crippen MR) is 120 cm³/mol. The van der Waals surface area contributed by atoms with Gasteiger partial charge in [-0.2, -0.15) is 0 Å². The minimum absolute atomic E-state index is 0.0511. The van der Waals surface area contributed by atoms with E-state index >= 15 is 0 Å². The van der Waals surface area contributed by atoms with Gasteiger partial charge in [-0.05, 0) is 79.5 Å². The molecule has 6 nitrogen and oxygen atoms in total. The van der Waals surface area contributed by atoms with Crippen molar-refractivity contribution in [3.63, 3.8) is 0 Å². The normalized spacial score (nSPS) is 19.3. The minimum Gasteiger partial charge on any atom is -0.356 e. The zero-order valence-electron chi connectivity index (χ0n) is 17.9. The van der Waals surface area contributed by atoms with Gasteiger partial charge in [-0.15, -0.1) is 0 Å². The molecule has 3 heterocycles. The SMILES string of the molecule is O=C(NCCCc1ccncc1)C1CC12CCN(C(=O)c1cc3cc(F)ccc3[nH]1)CC2. The average Bonchev–Trinajstić information content (AvgIpc) is 3.34. The third-order valence-electron chi connectivity index (χ3n) is 7.06. The Morgan fingerprint density at radius 1 is 1.16 bits per heavy atom. The molecule has 2 aliphatic rings. The molecule has 32 heavy (non-hydrogen) atoms. The molecule has 2 N–H and O–H groups in total. The van der Waals surface area contributed by atoms with Gasteiger partial charge in [0.1, 0.15) is 11.5 Å². The molecular weight excluding hydrogens is 407 g/mol. The van der Waals surface area contributed by atoms with Crippen LogP contribution in [0.1, 0.15) is 41.7 Å². The number of aromatic nitrogens is 2. The Balaban J connectivity index is 1.09. The number of fused-ring (bicyclic) bond motifs is 1. The van der Waals surface area contributed by atoms with Crippen LogP contribution in [0.25, 0.3) is 10.9 Å². The zero-order chi connectivity index (χ0) is 22.1. The molecule has 1 saturated carbocycles. The van der Waals surface area contributed by atoms with Crippen molar-refractivity contribution in [1.29, 1.82) is 0 Å². The van der Waals surface area contributed by atoms with Gasteiger partial charge in [-0.1, -0.05) is 0 Å². The van der Waals surface area contributed by atoms with Gasteiger partial charge in [-0.25, -0.2) is 4.39 Å². The Kier molecular flexibility index (Phi) is 5.41. The van der Waals surface area contributed by atoms with Crippen LogP contribution in [0.3, 0.4) is 0 Å². The lowest BCUT2D eigenvalue weighted by atomic mass is 9.90. The van der Waals surface area contributed by atoms with Crippen molar-refractivity contribution in [2.45, 2.75) is 32.1 Å². The number of likely N-dealkylation sites (tertiary alicyclic amines) is 1. The first-order valence-electron chi connectivity index (χ1n) is 11.3. The highest BCUT2D eigenvalue weighted by Gasteiger charge is 2.58. The number of pyridine rings is 1. The van der Waals surface area contributed by atoms with E-state index in [4.69, 9.17) is 0 Å². The highest BCUT2D eigenvalue weighted by atomic mass is 19.1. The molecule has 2 aromatic heterocycles. The highest BCUT2D eigenvalue weighted by Crippen LogP contribution is 2.59. The van der Waals surface area contributed by atoms with Crippen molar-refractivity contribution in [3.05, 3.63) is 65.9 Å². The summed E-state index contributed by atoms with van der Waals surface area (Å²) in [5.41, 5.74) is 2.52. The van der Waals surface area contributed by atoms with Crippen molar-refractivity contribution >= 4 is 22.7 Å². The van der Waals surface area contributed by atoms with Crippen LogP contribution in [0, 0.1) is 17.2 Å². The smallest absolute Gasteiger partial charge is 0.270 e. The number of hydrogen-bond donors (Lipinski definition) is 2. The predicted octanol–water partition coefficient (Wildman–Crippen LogP) is 3.69. The number of rotatable bonds is 6. The Morgan fingerprint density at radius 2 is 1.94 bits per heavy atom. The monoisotopic (exact) mass is 434 g/mol. The van der Waals surface area contributed by atoms with Gasteiger partial charge in [0.15, 0.2) is 0 Å². The summed E-state index contributed by atoms with van der Waals surface area (Å²) < 4.78 is 13.4. The van der Waals surface area contributed by atoms with Crippen LogP contribution in [0.2, 0.25) is 0 Å². The van der Waals surface area contributed by atoms with Gasteiger partial charge in [0, 0.05) is 48.8 Å². The van der Waals surface area contributed by atoms with E-state index in [9.17, 15) is 14.0 Å². The van der Waals surface area contributed by atoms with E-state index < -0.39 is 0 Å². The number of hydrogen-bond acceptors (Lipinski definition) is 3. The molecule has 1 aliphatic carbocycles. The standard InChI is InChI=1S/C25H27FN4O2/c26-19-3-4-21-18(14-19)15-22(29-21)24(32)30-12-7-25(8-13-30)16-20(25)23(31)28-9-1-2-17-5-10-27-11-6-17/h3-6,10-11,14-15,20,29H,1-2,7-9,12-13,16H2,(H,28,31). The van der Waals surface area contributed by atoms with Crippen molar-refractivity contribution in [2.24, 2.45) is 11.3 Å². The van der Waals surface area contributed by atoms with Crippen LogP contribution in [-0.2, 0) is 11.2 Å². The second-order valence-corrected chi connectivity index (χ2v) is 9.08. The van der Waals surface area contributed by atoms with Gasteiger partial charge >= 0.3 is 0 Å². The Bertz CT molecular complexity index is 1140. The Hall–Kier alpha value is -3.22. The van der Waals surface area contributed by atoms with Crippen molar-refractivity contribution in [3.8, 4) is 0 Å². The van der Waals surface area contributed by atoms with E-state index in [1.165, 1.54) is 17.7 Å². The van der Waals surface area contributed by atoms with Crippen LogP contribution in [0.5, 0.6) is 0 Å². The molecule has 5 rings (SSSR count). The molecule has 3 aromatic rings. The van der Waals surface area contributed by atoms with Crippen molar-refractivity contribution < 1.29 is 14.0 Å². The zero-order valence-corrected chi connectivity index (χ0v) is 17.9. The summed E-state index contributed by atoms with van der Waals surface area (Å²) in [7, 11) is 0. The average molecular weight is 435 g/mol. The summed E-state index contributed by atoms with van der Waals surface area (Å²) in [5.74, 6) is -0.158. The summed E-state index contributed by atoms with van der Waals surface area (Å²) in [6.07, 6.45) is 8.03. The van der Waals surface area contributed by atoms with Crippen LogP contribution < -0.4 is 5.32 Å². The van der Waals surface area contributed by atoms with Crippen molar-refractivity contribution in [2.75, 3.05) is 19.6 Å². The molecule has 0 radical (unpaired) electrons. The summed E-state index contributed by atoms with van der Waals surface area (Å²) in [5, 5.41) is 3.79. The Labute approximate surface area is 186 Å². The fourth-order valence-corrected chi connectivity index (χ4v) is 4.99. The topological polar surface area (TPSA) is 78.1 Å². The van der Waals surface area contributed by atoms with E-state index in [1.54, 1.807) is 24.5 Å². The highest BCUT2D eigenvalue weighted by molar-refractivity contribution is 5.98. The molecule has 2 fully saturated rings. The summed E-state index contributed by atoms with van der Waals surface area (Å²) in [4.78, 5) is 34.5. The second kappa shape index (κ2) is 8.37. The number of piperidine rings is 1. The minimum atomic E-state index is -0.314. The van der Waals surface area contributed by atoms with Gasteiger partial charge in [0.25, 0.3) is 5.91 Å². The lowest BCUT2D eigenvalue weighted by Crippen LogP contribution is -2.40. The van der Waals surface area contributed by atoms with E-state index in [0.29, 0.717) is 30.7 Å². The van der Waals surface area contributed by atoms with E-state index in [0.717, 1.165) is 37.6 Å². The first kappa shape index (κ1) is 20.7. The molecule has 1 aromatic carbocycles.